The highest BCUT2D eigenvalue weighted by atomic mass is 16.5. The molecule has 2 heterocycles. The van der Waals surface area contributed by atoms with Gasteiger partial charge in [-0.05, 0) is 29.7 Å². The highest BCUT2D eigenvalue weighted by molar-refractivity contribution is 6.23. The van der Waals surface area contributed by atoms with E-state index in [-0.39, 0.29) is 16.8 Å². The number of pyridine rings is 1. The predicted octanol–water partition coefficient (Wildman–Crippen LogP) is 6.06. The van der Waals surface area contributed by atoms with E-state index in [1.807, 2.05) is 48.5 Å². The molecule has 0 radical (unpaired) electrons. The van der Waals surface area contributed by atoms with Gasteiger partial charge in [0.25, 0.3) is 0 Å². The fourth-order valence-corrected chi connectivity index (χ4v) is 4.75. The van der Waals surface area contributed by atoms with Crippen LogP contribution in [-0.4, -0.2) is 41.5 Å². The molecule has 0 aliphatic carbocycles. The third-order valence-electron chi connectivity index (χ3n) is 6.64. The number of esters is 2. The first-order valence-electron chi connectivity index (χ1n) is 12.2. The Labute approximate surface area is 220 Å². The van der Waals surface area contributed by atoms with Gasteiger partial charge in [-0.25, -0.2) is 14.6 Å². The molecule has 5 rings (SSSR count). The van der Waals surface area contributed by atoms with Crippen LogP contribution in [-0.2, 0) is 9.47 Å². The molecule has 0 unspecified atom stereocenters. The highest BCUT2D eigenvalue weighted by Gasteiger charge is 2.37. The molecular formula is C31H26N2O5. The Balaban J connectivity index is 2.00. The Morgan fingerprint density at radius 1 is 0.763 bits per heavy atom. The minimum absolute atomic E-state index is 0.0437. The van der Waals surface area contributed by atoms with E-state index in [9.17, 15) is 14.4 Å². The number of hydrogen-bond acceptors (Lipinski definition) is 6. The first-order chi connectivity index (χ1) is 18.4. The molecule has 3 aromatic carbocycles. The number of para-hydroxylation sites is 1. The van der Waals surface area contributed by atoms with Crippen molar-refractivity contribution in [3.63, 3.8) is 0 Å². The second-order valence-corrected chi connectivity index (χ2v) is 9.19. The summed E-state index contributed by atoms with van der Waals surface area (Å²) in [6, 6.07) is 23.6. The fourth-order valence-electron chi connectivity index (χ4n) is 4.75. The molecule has 190 valence electrons. The number of fused-ring (bicyclic) bond motifs is 3. The first kappa shape index (κ1) is 24.9. The average molecular weight is 507 g/mol. The summed E-state index contributed by atoms with van der Waals surface area (Å²) in [5.41, 5.74) is 2.87. The maximum Gasteiger partial charge on any atom is 0.356 e. The van der Waals surface area contributed by atoms with Crippen LogP contribution in [0.5, 0.6) is 0 Å². The van der Waals surface area contributed by atoms with Gasteiger partial charge in [-0.2, -0.15) is 0 Å². The molecule has 2 aliphatic rings. The molecule has 0 spiro atoms. The monoisotopic (exact) mass is 506 g/mol. The van der Waals surface area contributed by atoms with Gasteiger partial charge in [0.05, 0.1) is 25.3 Å². The van der Waals surface area contributed by atoms with Crippen LogP contribution in [0.2, 0.25) is 0 Å². The molecule has 2 aliphatic heterocycles. The SMILES string of the molecule is COC(=O)c1c(C(=O)c2ccccc2)c2c3ccccc3nc-2n(-c2ccc(C(C)C)cc2)c1C(=O)OC. The Kier molecular flexibility index (Phi) is 6.51. The van der Waals surface area contributed by atoms with Crippen molar-refractivity contribution >= 4 is 28.6 Å². The Hall–Kier alpha value is -4.78. The van der Waals surface area contributed by atoms with E-state index in [1.54, 1.807) is 34.9 Å². The van der Waals surface area contributed by atoms with E-state index in [0.717, 1.165) is 5.56 Å². The highest BCUT2D eigenvalue weighted by Crippen LogP contribution is 2.41. The molecule has 0 saturated carbocycles. The van der Waals surface area contributed by atoms with Crippen LogP contribution in [0.4, 0.5) is 0 Å². The molecule has 0 bridgehead atoms. The maximum absolute atomic E-state index is 14.1. The number of rotatable bonds is 6. The lowest BCUT2D eigenvalue weighted by Crippen LogP contribution is -2.26. The topological polar surface area (TPSA) is 87.5 Å². The largest absolute Gasteiger partial charge is 0.465 e. The third kappa shape index (κ3) is 4.02. The quantitative estimate of drug-likeness (QED) is 0.206. The van der Waals surface area contributed by atoms with Crippen molar-refractivity contribution in [2.24, 2.45) is 0 Å². The van der Waals surface area contributed by atoms with Gasteiger partial charge in [0.2, 0.25) is 0 Å². The van der Waals surface area contributed by atoms with Gasteiger partial charge < -0.3 is 9.47 Å². The minimum Gasteiger partial charge on any atom is -0.465 e. The van der Waals surface area contributed by atoms with Gasteiger partial charge in [0, 0.05) is 22.2 Å². The minimum atomic E-state index is -0.829. The molecule has 0 N–H and O–H groups in total. The molecule has 0 aromatic heterocycles. The summed E-state index contributed by atoms with van der Waals surface area (Å²) in [6.07, 6.45) is 0. The van der Waals surface area contributed by atoms with Crippen LogP contribution in [0.3, 0.4) is 0 Å². The number of ketones is 1. The second-order valence-electron chi connectivity index (χ2n) is 9.19. The first-order valence-corrected chi connectivity index (χ1v) is 12.2. The van der Waals surface area contributed by atoms with Gasteiger partial charge in [0.1, 0.15) is 17.1 Å². The van der Waals surface area contributed by atoms with E-state index in [0.29, 0.717) is 39.5 Å². The van der Waals surface area contributed by atoms with Crippen LogP contribution in [0, 0.1) is 0 Å². The number of hydrogen-bond donors (Lipinski definition) is 0. The van der Waals surface area contributed by atoms with Crippen molar-refractivity contribution in [3.8, 4) is 17.1 Å². The van der Waals surface area contributed by atoms with E-state index in [2.05, 4.69) is 13.8 Å². The lowest BCUT2D eigenvalue weighted by atomic mass is 9.90. The van der Waals surface area contributed by atoms with Gasteiger partial charge in [0.15, 0.2) is 5.78 Å². The van der Waals surface area contributed by atoms with Crippen molar-refractivity contribution in [1.82, 2.24) is 9.55 Å². The summed E-state index contributed by atoms with van der Waals surface area (Å²) in [5.74, 6) is -1.40. The van der Waals surface area contributed by atoms with Gasteiger partial charge in [-0.3, -0.25) is 9.36 Å². The maximum atomic E-state index is 14.1. The van der Waals surface area contributed by atoms with Crippen LogP contribution in [0.1, 0.15) is 62.1 Å². The summed E-state index contributed by atoms with van der Waals surface area (Å²) in [7, 11) is 2.45. The number of aromatic nitrogens is 2. The summed E-state index contributed by atoms with van der Waals surface area (Å²) < 4.78 is 11.9. The number of carbonyl (C=O) groups is 3. The normalized spacial score (nSPS) is 11.2. The van der Waals surface area contributed by atoms with Gasteiger partial charge in [-0.1, -0.05) is 74.5 Å². The Morgan fingerprint density at radius 3 is 2.03 bits per heavy atom. The van der Waals surface area contributed by atoms with Crippen molar-refractivity contribution in [1.29, 1.82) is 0 Å². The molecular weight excluding hydrogens is 480 g/mol. The summed E-state index contributed by atoms with van der Waals surface area (Å²) in [4.78, 5) is 45.7. The summed E-state index contributed by atoms with van der Waals surface area (Å²) in [5, 5.41) is 0.677. The van der Waals surface area contributed by atoms with Crippen molar-refractivity contribution in [2.75, 3.05) is 14.2 Å². The van der Waals surface area contributed by atoms with Crippen molar-refractivity contribution < 1.29 is 23.9 Å². The van der Waals surface area contributed by atoms with Crippen LogP contribution < -0.4 is 0 Å². The van der Waals surface area contributed by atoms with Crippen LogP contribution >= 0.6 is 0 Å². The standard InChI is InChI=1S/C31H26N2O5/c1-18(2)19-14-16-21(17-15-19)33-27(31(36)38-4)26(30(35)37-3)25(28(34)20-10-6-5-7-11-20)24-22-12-8-9-13-23(22)32-29(24)33/h5-18H,1-4H3. The van der Waals surface area contributed by atoms with Gasteiger partial charge in [-0.15, -0.1) is 0 Å². The second kappa shape index (κ2) is 9.94. The number of ether oxygens (including phenoxy) is 2. The number of methoxy groups -OCH3 is 2. The van der Waals surface area contributed by atoms with Crippen molar-refractivity contribution in [2.45, 2.75) is 19.8 Å². The zero-order chi connectivity index (χ0) is 27.0. The van der Waals surface area contributed by atoms with Gasteiger partial charge >= 0.3 is 11.9 Å². The molecule has 0 amide bonds. The molecule has 7 heteroatoms. The average Bonchev–Trinajstić information content (AvgIpc) is 3.34. The summed E-state index contributed by atoms with van der Waals surface area (Å²) in [6.45, 7) is 4.18. The van der Waals surface area contributed by atoms with Crippen molar-refractivity contribution in [3.05, 3.63) is 107 Å². The smallest absolute Gasteiger partial charge is 0.356 e. The zero-order valence-corrected chi connectivity index (χ0v) is 21.5. The fraction of sp³-hybridized carbons (Fsp3) is 0.161. The molecule has 0 atom stereocenters. The number of nitrogens with zero attached hydrogens (tertiary/aromatic N) is 2. The van der Waals surface area contributed by atoms with E-state index >= 15 is 0 Å². The van der Waals surface area contributed by atoms with E-state index < -0.39 is 17.7 Å². The molecule has 3 aromatic rings. The number of benzene rings is 3. The molecule has 38 heavy (non-hydrogen) atoms. The molecule has 0 fully saturated rings. The zero-order valence-electron chi connectivity index (χ0n) is 21.5. The predicted molar refractivity (Wildman–Crippen MR) is 144 cm³/mol. The van der Waals surface area contributed by atoms with Crippen LogP contribution in [0.25, 0.3) is 28.0 Å². The Bertz CT molecular complexity index is 1650. The van der Waals surface area contributed by atoms with Crippen LogP contribution in [0.15, 0.2) is 78.9 Å². The van der Waals surface area contributed by atoms with E-state index in [4.69, 9.17) is 14.5 Å². The van der Waals surface area contributed by atoms with E-state index in [1.165, 1.54) is 14.2 Å². The Morgan fingerprint density at radius 2 is 1.39 bits per heavy atom. The summed E-state index contributed by atoms with van der Waals surface area (Å²) >= 11 is 0. The molecule has 7 nitrogen and oxygen atoms in total. The number of carbonyl (C=O) groups excluding carboxylic acids is 3. The third-order valence-corrected chi connectivity index (χ3v) is 6.64. The lowest BCUT2D eigenvalue weighted by Gasteiger charge is -2.23. The molecule has 0 saturated heterocycles. The lowest BCUT2D eigenvalue weighted by molar-refractivity contribution is 0.0545.